The van der Waals surface area contributed by atoms with E-state index >= 15 is 0 Å². The van der Waals surface area contributed by atoms with Gasteiger partial charge in [-0.05, 0) is 43.2 Å². The third kappa shape index (κ3) is 4.28. The molecule has 2 aromatic carbocycles. The number of hydrogen-bond donors (Lipinski definition) is 2. The Kier molecular flexibility index (Phi) is 5.46. The molecule has 0 aliphatic carbocycles. The van der Waals surface area contributed by atoms with Gasteiger partial charge in [-0.2, -0.15) is 0 Å². The van der Waals surface area contributed by atoms with Crippen LogP contribution in [0.15, 0.2) is 48.5 Å². The average Bonchev–Trinajstić information content (AvgIpc) is 2.65. The molecule has 0 radical (unpaired) electrons. The number of carbonyl (C=O) groups excluding carboxylic acids is 2. The summed E-state index contributed by atoms with van der Waals surface area (Å²) in [5.74, 6) is 0.604. The van der Waals surface area contributed by atoms with Crippen molar-refractivity contribution < 1.29 is 14.3 Å². The minimum absolute atomic E-state index is 0.0168. The number of carbonyl (C=O) groups is 2. The van der Waals surface area contributed by atoms with Crippen molar-refractivity contribution in [2.45, 2.75) is 32.4 Å². The van der Waals surface area contributed by atoms with Crippen molar-refractivity contribution in [3.63, 3.8) is 0 Å². The Morgan fingerprint density at radius 2 is 1.85 bits per heavy atom. The third-order valence-corrected chi connectivity index (χ3v) is 5.03. The fourth-order valence-corrected chi connectivity index (χ4v) is 3.20. The summed E-state index contributed by atoms with van der Waals surface area (Å²) in [6.07, 6.45) is 0.812. The minimum Gasteiger partial charge on any atom is -0.497 e. The lowest BCUT2D eigenvalue weighted by Gasteiger charge is -2.49. The third-order valence-electron chi connectivity index (χ3n) is 5.03. The van der Waals surface area contributed by atoms with Crippen molar-refractivity contribution in [3.8, 4) is 5.75 Å². The second-order valence-corrected chi connectivity index (χ2v) is 7.01. The quantitative estimate of drug-likeness (QED) is 0.822. The normalized spacial score (nSPS) is 19.1. The molecule has 1 heterocycles. The summed E-state index contributed by atoms with van der Waals surface area (Å²) >= 11 is 0. The molecule has 1 atom stereocenters. The molecule has 0 saturated carbocycles. The predicted octanol–water partition coefficient (Wildman–Crippen LogP) is 3.26. The van der Waals surface area contributed by atoms with Gasteiger partial charge in [0.25, 0.3) is 0 Å². The van der Waals surface area contributed by atoms with Crippen LogP contribution in [0.4, 0.5) is 11.4 Å². The van der Waals surface area contributed by atoms with Crippen LogP contribution in [0.3, 0.4) is 0 Å². The molecular formula is C21H25N3O3. The highest BCUT2D eigenvalue weighted by Crippen LogP contribution is 2.33. The van der Waals surface area contributed by atoms with Crippen LogP contribution in [0.5, 0.6) is 5.75 Å². The summed E-state index contributed by atoms with van der Waals surface area (Å²) in [7, 11) is 1.60. The van der Waals surface area contributed by atoms with Gasteiger partial charge in [0.15, 0.2) is 0 Å². The van der Waals surface area contributed by atoms with Crippen LogP contribution in [0, 0.1) is 0 Å². The van der Waals surface area contributed by atoms with Crippen molar-refractivity contribution in [1.29, 1.82) is 0 Å². The first kappa shape index (κ1) is 18.9. The van der Waals surface area contributed by atoms with E-state index in [0.717, 1.165) is 29.9 Å². The average molecular weight is 367 g/mol. The van der Waals surface area contributed by atoms with Crippen LogP contribution in [-0.4, -0.2) is 35.9 Å². The summed E-state index contributed by atoms with van der Waals surface area (Å²) in [6, 6.07) is 15.1. The fourth-order valence-electron chi connectivity index (χ4n) is 3.20. The highest BCUT2D eigenvalue weighted by Gasteiger charge is 2.46. The zero-order valence-electron chi connectivity index (χ0n) is 15.9. The number of ether oxygens (including phenoxy) is 1. The van der Waals surface area contributed by atoms with Crippen LogP contribution in [0.1, 0.15) is 25.8 Å². The number of amides is 2. The summed E-state index contributed by atoms with van der Waals surface area (Å²) in [5, 5.41) is 5.75. The Hall–Kier alpha value is -2.86. The first-order valence-electron chi connectivity index (χ1n) is 8.98. The standard InChI is InChI=1S/C21H25N3O3/c1-15(25)22-17-9-7-16(8-10-17)14-24-12-11-21(24,2)20(26)23-18-5-4-6-19(13-18)27-3/h4-10,13H,11-12,14H2,1-3H3,(H,22,25)(H,23,26). The Morgan fingerprint density at radius 3 is 2.44 bits per heavy atom. The van der Waals surface area contributed by atoms with Gasteiger partial charge in [-0.15, -0.1) is 0 Å². The van der Waals surface area contributed by atoms with Gasteiger partial charge in [0.2, 0.25) is 11.8 Å². The summed E-state index contributed by atoms with van der Waals surface area (Å²) in [4.78, 5) is 26.1. The second kappa shape index (κ2) is 7.80. The molecule has 2 aromatic rings. The van der Waals surface area contributed by atoms with E-state index in [0.29, 0.717) is 12.3 Å². The Morgan fingerprint density at radius 1 is 1.11 bits per heavy atom. The molecule has 6 heteroatoms. The Balaban J connectivity index is 1.64. The maximum absolute atomic E-state index is 12.9. The van der Waals surface area contributed by atoms with Crippen LogP contribution in [0.2, 0.25) is 0 Å². The first-order chi connectivity index (χ1) is 12.9. The molecule has 6 nitrogen and oxygen atoms in total. The molecule has 1 unspecified atom stereocenters. The minimum atomic E-state index is -0.542. The van der Waals surface area contributed by atoms with E-state index in [1.165, 1.54) is 6.92 Å². The zero-order chi connectivity index (χ0) is 19.4. The van der Waals surface area contributed by atoms with E-state index in [2.05, 4.69) is 15.5 Å². The fraction of sp³-hybridized carbons (Fsp3) is 0.333. The van der Waals surface area contributed by atoms with Gasteiger partial charge in [-0.3, -0.25) is 14.5 Å². The maximum Gasteiger partial charge on any atom is 0.244 e. The lowest BCUT2D eigenvalue weighted by Crippen LogP contribution is -2.63. The molecular weight excluding hydrogens is 342 g/mol. The predicted molar refractivity (Wildman–Crippen MR) is 106 cm³/mol. The molecule has 1 aliphatic heterocycles. The lowest BCUT2D eigenvalue weighted by molar-refractivity contribution is -0.136. The Bertz CT molecular complexity index is 835. The smallest absolute Gasteiger partial charge is 0.244 e. The topological polar surface area (TPSA) is 70.7 Å². The molecule has 1 fully saturated rings. The van der Waals surface area contributed by atoms with Gasteiger partial charge in [0.1, 0.15) is 5.75 Å². The molecule has 0 bridgehead atoms. The molecule has 3 rings (SSSR count). The van der Waals surface area contributed by atoms with E-state index in [1.54, 1.807) is 7.11 Å². The highest BCUT2D eigenvalue weighted by atomic mass is 16.5. The maximum atomic E-state index is 12.9. The number of methoxy groups -OCH3 is 1. The number of anilines is 2. The van der Waals surface area contributed by atoms with Crippen LogP contribution in [0.25, 0.3) is 0 Å². The molecule has 2 amide bonds. The Labute approximate surface area is 159 Å². The van der Waals surface area contributed by atoms with Crippen molar-refractivity contribution in [2.75, 3.05) is 24.3 Å². The van der Waals surface area contributed by atoms with Crippen molar-refractivity contribution in [1.82, 2.24) is 4.90 Å². The molecule has 0 aromatic heterocycles. The molecule has 27 heavy (non-hydrogen) atoms. The first-order valence-corrected chi connectivity index (χ1v) is 8.98. The van der Waals surface area contributed by atoms with Gasteiger partial charge in [-0.1, -0.05) is 18.2 Å². The van der Waals surface area contributed by atoms with Crippen molar-refractivity contribution in [3.05, 3.63) is 54.1 Å². The van der Waals surface area contributed by atoms with E-state index in [4.69, 9.17) is 4.74 Å². The number of nitrogens with one attached hydrogen (secondary N) is 2. The van der Waals surface area contributed by atoms with Crippen LogP contribution in [-0.2, 0) is 16.1 Å². The summed E-state index contributed by atoms with van der Waals surface area (Å²) in [6.45, 7) is 5.01. The number of benzene rings is 2. The van der Waals surface area contributed by atoms with Gasteiger partial charge < -0.3 is 15.4 Å². The number of rotatable bonds is 6. The van der Waals surface area contributed by atoms with Crippen LogP contribution < -0.4 is 15.4 Å². The largest absolute Gasteiger partial charge is 0.497 e. The monoisotopic (exact) mass is 367 g/mol. The van der Waals surface area contributed by atoms with Gasteiger partial charge in [0, 0.05) is 37.5 Å². The van der Waals surface area contributed by atoms with E-state index in [9.17, 15) is 9.59 Å². The van der Waals surface area contributed by atoms with Gasteiger partial charge in [0.05, 0.1) is 12.6 Å². The number of hydrogen-bond acceptors (Lipinski definition) is 4. The SMILES string of the molecule is COc1cccc(NC(=O)C2(C)CCN2Cc2ccc(NC(C)=O)cc2)c1. The molecule has 1 saturated heterocycles. The zero-order valence-corrected chi connectivity index (χ0v) is 15.9. The van der Waals surface area contributed by atoms with E-state index < -0.39 is 5.54 Å². The number of likely N-dealkylation sites (tertiary alicyclic amines) is 1. The van der Waals surface area contributed by atoms with Crippen molar-refractivity contribution in [2.24, 2.45) is 0 Å². The summed E-state index contributed by atoms with van der Waals surface area (Å²) < 4.78 is 5.21. The van der Waals surface area contributed by atoms with Gasteiger partial charge >= 0.3 is 0 Å². The van der Waals surface area contributed by atoms with E-state index in [-0.39, 0.29) is 11.8 Å². The number of nitrogens with zero attached hydrogens (tertiary/aromatic N) is 1. The summed E-state index contributed by atoms with van der Waals surface area (Å²) in [5.41, 5.74) is 2.06. The second-order valence-electron chi connectivity index (χ2n) is 7.01. The van der Waals surface area contributed by atoms with E-state index in [1.807, 2.05) is 55.5 Å². The molecule has 2 N–H and O–H groups in total. The molecule has 1 aliphatic rings. The molecule has 0 spiro atoms. The van der Waals surface area contributed by atoms with Crippen LogP contribution >= 0.6 is 0 Å². The van der Waals surface area contributed by atoms with Gasteiger partial charge in [-0.25, -0.2) is 0 Å². The van der Waals surface area contributed by atoms with Crippen molar-refractivity contribution >= 4 is 23.2 Å². The molecule has 142 valence electrons. The highest BCUT2D eigenvalue weighted by molar-refractivity contribution is 5.98. The lowest BCUT2D eigenvalue weighted by atomic mass is 9.85.